The third kappa shape index (κ3) is 2.62. The highest BCUT2D eigenvalue weighted by atomic mass is 16.5. The van der Waals surface area contributed by atoms with Crippen LogP contribution in [0.5, 0.6) is 0 Å². The van der Waals surface area contributed by atoms with Crippen molar-refractivity contribution in [1.29, 1.82) is 0 Å². The lowest BCUT2D eigenvalue weighted by Crippen LogP contribution is -2.23. The van der Waals surface area contributed by atoms with Crippen molar-refractivity contribution < 1.29 is 4.74 Å². The second-order valence-corrected chi connectivity index (χ2v) is 5.12. The number of aryl methyl sites for hydroxylation is 1. The number of aromatic nitrogens is 1. The van der Waals surface area contributed by atoms with Crippen LogP contribution >= 0.6 is 0 Å². The molecule has 1 aromatic rings. The molecule has 0 spiro atoms. The van der Waals surface area contributed by atoms with Crippen molar-refractivity contribution in [3.63, 3.8) is 0 Å². The van der Waals surface area contributed by atoms with Crippen molar-refractivity contribution in [3.8, 4) is 0 Å². The summed E-state index contributed by atoms with van der Waals surface area (Å²) >= 11 is 0. The lowest BCUT2D eigenvalue weighted by Gasteiger charge is -2.32. The standard InChI is InChI=1S/C14H21NO/c1-10(2)12-5-7-16-14(9-12)13-4-6-15-11(3)8-13/h4,6,8,10,12,14H,5,7,9H2,1-3H3/t12-,14+/m0/s1. The Kier molecular flexibility index (Phi) is 3.59. The molecule has 0 aliphatic carbocycles. The highest BCUT2D eigenvalue weighted by Crippen LogP contribution is 2.35. The van der Waals surface area contributed by atoms with E-state index >= 15 is 0 Å². The molecule has 88 valence electrons. The summed E-state index contributed by atoms with van der Waals surface area (Å²) < 4.78 is 5.87. The van der Waals surface area contributed by atoms with Crippen LogP contribution in [0.25, 0.3) is 0 Å². The molecule has 0 unspecified atom stereocenters. The summed E-state index contributed by atoms with van der Waals surface area (Å²) in [6.07, 6.45) is 4.52. The minimum atomic E-state index is 0.280. The van der Waals surface area contributed by atoms with Crippen LogP contribution in [0.3, 0.4) is 0 Å². The average molecular weight is 219 g/mol. The van der Waals surface area contributed by atoms with Crippen molar-refractivity contribution in [2.45, 2.75) is 39.7 Å². The molecule has 0 bridgehead atoms. The fraction of sp³-hybridized carbons (Fsp3) is 0.643. The van der Waals surface area contributed by atoms with Crippen LogP contribution in [-0.4, -0.2) is 11.6 Å². The van der Waals surface area contributed by atoms with Crippen molar-refractivity contribution in [2.24, 2.45) is 11.8 Å². The first-order chi connectivity index (χ1) is 7.66. The first-order valence-electron chi connectivity index (χ1n) is 6.21. The molecule has 0 saturated carbocycles. The minimum Gasteiger partial charge on any atom is -0.374 e. The van der Waals surface area contributed by atoms with Gasteiger partial charge in [-0.3, -0.25) is 4.98 Å². The molecular formula is C14H21NO. The summed E-state index contributed by atoms with van der Waals surface area (Å²) in [5.41, 5.74) is 2.37. The number of hydrogen-bond donors (Lipinski definition) is 0. The molecule has 1 aliphatic heterocycles. The van der Waals surface area contributed by atoms with Gasteiger partial charge in [0.25, 0.3) is 0 Å². The molecule has 2 heterocycles. The number of pyridine rings is 1. The molecule has 2 nitrogen and oxygen atoms in total. The molecule has 0 amide bonds. The fourth-order valence-corrected chi connectivity index (χ4v) is 2.43. The third-order valence-corrected chi connectivity index (χ3v) is 3.56. The fourth-order valence-electron chi connectivity index (χ4n) is 2.43. The lowest BCUT2D eigenvalue weighted by molar-refractivity contribution is -0.0205. The van der Waals surface area contributed by atoms with E-state index in [-0.39, 0.29) is 6.10 Å². The molecule has 1 fully saturated rings. The molecule has 1 aromatic heterocycles. The van der Waals surface area contributed by atoms with Gasteiger partial charge in [-0.1, -0.05) is 13.8 Å². The molecule has 2 atom stereocenters. The maximum absolute atomic E-state index is 5.87. The van der Waals surface area contributed by atoms with Gasteiger partial charge >= 0.3 is 0 Å². The zero-order chi connectivity index (χ0) is 11.5. The normalized spacial score (nSPS) is 26.0. The topological polar surface area (TPSA) is 22.1 Å². The Morgan fingerprint density at radius 2 is 2.25 bits per heavy atom. The zero-order valence-electron chi connectivity index (χ0n) is 10.4. The Labute approximate surface area is 98.0 Å². The van der Waals surface area contributed by atoms with E-state index in [2.05, 4.69) is 31.0 Å². The van der Waals surface area contributed by atoms with Gasteiger partial charge in [0, 0.05) is 18.5 Å². The molecule has 1 saturated heterocycles. The second kappa shape index (κ2) is 4.96. The van der Waals surface area contributed by atoms with E-state index in [4.69, 9.17) is 4.74 Å². The van der Waals surface area contributed by atoms with E-state index in [0.717, 1.165) is 30.6 Å². The molecule has 0 N–H and O–H groups in total. The lowest BCUT2D eigenvalue weighted by atomic mass is 9.84. The van der Waals surface area contributed by atoms with Gasteiger partial charge in [-0.15, -0.1) is 0 Å². The number of ether oxygens (including phenoxy) is 1. The molecule has 0 aromatic carbocycles. The van der Waals surface area contributed by atoms with E-state index in [1.54, 1.807) is 0 Å². The molecule has 1 aliphatic rings. The third-order valence-electron chi connectivity index (χ3n) is 3.56. The Balaban J connectivity index is 2.09. The first kappa shape index (κ1) is 11.6. The number of hydrogen-bond acceptors (Lipinski definition) is 2. The van der Waals surface area contributed by atoms with Crippen LogP contribution in [0.2, 0.25) is 0 Å². The van der Waals surface area contributed by atoms with E-state index in [9.17, 15) is 0 Å². The van der Waals surface area contributed by atoms with Gasteiger partial charge in [-0.25, -0.2) is 0 Å². The van der Waals surface area contributed by atoms with Crippen molar-refractivity contribution in [2.75, 3.05) is 6.61 Å². The van der Waals surface area contributed by atoms with Crippen molar-refractivity contribution >= 4 is 0 Å². The van der Waals surface area contributed by atoms with Crippen LogP contribution in [0, 0.1) is 18.8 Å². The van der Waals surface area contributed by atoms with Gasteiger partial charge in [-0.2, -0.15) is 0 Å². The Hall–Kier alpha value is -0.890. The van der Waals surface area contributed by atoms with Crippen LogP contribution in [0.15, 0.2) is 18.3 Å². The van der Waals surface area contributed by atoms with Gasteiger partial charge in [0.05, 0.1) is 6.10 Å². The summed E-state index contributed by atoms with van der Waals surface area (Å²) in [5.74, 6) is 1.56. The van der Waals surface area contributed by atoms with Crippen LogP contribution in [0.1, 0.15) is 44.1 Å². The monoisotopic (exact) mass is 219 g/mol. The minimum absolute atomic E-state index is 0.280. The van der Waals surface area contributed by atoms with Gasteiger partial charge in [0.1, 0.15) is 0 Å². The van der Waals surface area contributed by atoms with Crippen molar-refractivity contribution in [3.05, 3.63) is 29.6 Å². The Morgan fingerprint density at radius 1 is 1.44 bits per heavy atom. The number of rotatable bonds is 2. The highest BCUT2D eigenvalue weighted by Gasteiger charge is 2.25. The van der Waals surface area contributed by atoms with Crippen LogP contribution < -0.4 is 0 Å². The molecule has 16 heavy (non-hydrogen) atoms. The zero-order valence-corrected chi connectivity index (χ0v) is 10.4. The Bertz CT molecular complexity index is 348. The molecule has 2 rings (SSSR count). The predicted octanol–water partition coefficient (Wildman–Crippen LogP) is 3.51. The number of nitrogens with zero attached hydrogens (tertiary/aromatic N) is 1. The van der Waals surface area contributed by atoms with E-state index < -0.39 is 0 Å². The largest absolute Gasteiger partial charge is 0.374 e. The maximum atomic E-state index is 5.87. The summed E-state index contributed by atoms with van der Waals surface area (Å²) in [5, 5.41) is 0. The smallest absolute Gasteiger partial charge is 0.0828 e. The average Bonchev–Trinajstić information content (AvgIpc) is 2.29. The van der Waals surface area contributed by atoms with Crippen LogP contribution in [0.4, 0.5) is 0 Å². The quantitative estimate of drug-likeness (QED) is 0.759. The predicted molar refractivity (Wildman–Crippen MR) is 65.2 cm³/mol. The van der Waals surface area contributed by atoms with Crippen LogP contribution in [-0.2, 0) is 4.74 Å². The van der Waals surface area contributed by atoms with Gasteiger partial charge in [0.15, 0.2) is 0 Å². The Morgan fingerprint density at radius 3 is 2.94 bits per heavy atom. The van der Waals surface area contributed by atoms with Gasteiger partial charge in [-0.05, 0) is 49.3 Å². The summed E-state index contributed by atoms with van der Waals surface area (Å²) in [6.45, 7) is 7.55. The SMILES string of the molecule is Cc1cc([C@H]2C[C@@H](C(C)C)CCO2)ccn1. The van der Waals surface area contributed by atoms with E-state index in [1.807, 2.05) is 13.1 Å². The van der Waals surface area contributed by atoms with Gasteiger partial charge < -0.3 is 4.74 Å². The maximum Gasteiger partial charge on any atom is 0.0828 e. The summed E-state index contributed by atoms with van der Waals surface area (Å²) in [4.78, 5) is 4.23. The highest BCUT2D eigenvalue weighted by molar-refractivity contribution is 5.18. The summed E-state index contributed by atoms with van der Waals surface area (Å²) in [7, 11) is 0. The van der Waals surface area contributed by atoms with Gasteiger partial charge in [0.2, 0.25) is 0 Å². The van der Waals surface area contributed by atoms with E-state index in [0.29, 0.717) is 0 Å². The summed E-state index contributed by atoms with van der Waals surface area (Å²) in [6, 6.07) is 4.23. The van der Waals surface area contributed by atoms with Crippen molar-refractivity contribution in [1.82, 2.24) is 4.98 Å². The molecule has 2 heteroatoms. The molecule has 0 radical (unpaired) electrons. The first-order valence-corrected chi connectivity index (χ1v) is 6.21. The van der Waals surface area contributed by atoms with E-state index in [1.165, 1.54) is 12.0 Å². The second-order valence-electron chi connectivity index (χ2n) is 5.12. The molecular weight excluding hydrogens is 198 g/mol.